The molecule has 0 amide bonds. The first-order valence-electron chi connectivity index (χ1n) is 6.25. The smallest absolute Gasteiger partial charge is 0.0819 e. The van der Waals surface area contributed by atoms with Gasteiger partial charge in [-0.25, -0.2) is 0 Å². The normalized spacial score (nSPS) is 26.7. The van der Waals surface area contributed by atoms with Gasteiger partial charge in [-0.1, -0.05) is 27.7 Å². The van der Waals surface area contributed by atoms with Crippen LogP contribution in [0.3, 0.4) is 0 Å². The fourth-order valence-electron chi connectivity index (χ4n) is 2.66. The maximum absolute atomic E-state index is 7.45. The maximum Gasteiger partial charge on any atom is 0.0819 e. The molecule has 0 aliphatic heterocycles. The van der Waals surface area contributed by atoms with E-state index in [1.807, 2.05) is 0 Å². The second-order valence-electron chi connectivity index (χ2n) is 5.90. The number of hydrogen-bond donors (Lipinski definition) is 1. The number of rotatable bonds is 4. The Bertz CT molecular complexity index is 205. The second kappa shape index (κ2) is 5.00. The lowest BCUT2D eigenvalue weighted by atomic mass is 9.79. The highest BCUT2D eigenvalue weighted by atomic mass is 15.2. The van der Waals surface area contributed by atoms with E-state index in [1.54, 1.807) is 6.34 Å². The van der Waals surface area contributed by atoms with Crippen molar-refractivity contribution in [3.63, 3.8) is 0 Å². The minimum Gasteiger partial charge on any atom is -0.360 e. The molecule has 0 aromatic rings. The summed E-state index contributed by atoms with van der Waals surface area (Å²) >= 11 is 0. The summed E-state index contributed by atoms with van der Waals surface area (Å²) in [5.74, 6) is 0.835. The lowest BCUT2D eigenvalue weighted by Crippen LogP contribution is -2.33. The van der Waals surface area contributed by atoms with Crippen LogP contribution in [0.2, 0.25) is 0 Å². The molecule has 0 radical (unpaired) electrons. The summed E-state index contributed by atoms with van der Waals surface area (Å²) in [5.41, 5.74) is 0.439. The average molecular weight is 210 g/mol. The number of nitrogens with one attached hydrogen (secondary N) is 1. The molecule has 1 rings (SSSR count). The summed E-state index contributed by atoms with van der Waals surface area (Å²) < 4.78 is 0. The van der Waals surface area contributed by atoms with Crippen molar-refractivity contribution in [2.45, 2.75) is 59.4 Å². The van der Waals surface area contributed by atoms with Gasteiger partial charge in [-0.15, -0.1) is 0 Å². The van der Waals surface area contributed by atoms with Crippen molar-refractivity contribution < 1.29 is 0 Å². The first-order chi connectivity index (χ1) is 6.99. The van der Waals surface area contributed by atoms with Crippen molar-refractivity contribution in [2.75, 3.05) is 6.54 Å². The molecule has 0 saturated heterocycles. The van der Waals surface area contributed by atoms with E-state index >= 15 is 0 Å². The SMILES string of the molecule is CCCN(C=N)C1CC[C@H](C(C)(C)C)C1. The van der Waals surface area contributed by atoms with Gasteiger partial charge in [-0.05, 0) is 37.0 Å². The highest BCUT2D eigenvalue weighted by molar-refractivity contribution is 5.51. The maximum atomic E-state index is 7.45. The van der Waals surface area contributed by atoms with E-state index in [-0.39, 0.29) is 0 Å². The van der Waals surface area contributed by atoms with Gasteiger partial charge in [0.25, 0.3) is 0 Å². The molecule has 1 saturated carbocycles. The van der Waals surface area contributed by atoms with Gasteiger partial charge in [0.1, 0.15) is 0 Å². The molecular formula is C13H26N2. The van der Waals surface area contributed by atoms with E-state index in [9.17, 15) is 0 Å². The van der Waals surface area contributed by atoms with Gasteiger partial charge in [-0.2, -0.15) is 0 Å². The van der Waals surface area contributed by atoms with Crippen LogP contribution >= 0.6 is 0 Å². The summed E-state index contributed by atoms with van der Waals surface area (Å²) in [5, 5.41) is 7.45. The van der Waals surface area contributed by atoms with Crippen LogP contribution in [0.15, 0.2) is 0 Å². The molecule has 1 aliphatic rings. The Hall–Kier alpha value is -0.530. The van der Waals surface area contributed by atoms with Crippen LogP contribution in [0, 0.1) is 16.7 Å². The fourth-order valence-corrected chi connectivity index (χ4v) is 2.66. The Balaban J connectivity index is 2.51. The molecule has 15 heavy (non-hydrogen) atoms. The number of nitrogens with zero attached hydrogens (tertiary/aromatic N) is 1. The molecule has 0 spiro atoms. The predicted molar refractivity (Wildman–Crippen MR) is 66.4 cm³/mol. The lowest BCUT2D eigenvalue weighted by molar-refractivity contribution is 0.227. The predicted octanol–water partition coefficient (Wildman–Crippen LogP) is 3.52. The number of hydrogen-bond acceptors (Lipinski definition) is 1. The highest BCUT2D eigenvalue weighted by Gasteiger charge is 2.34. The monoisotopic (exact) mass is 210 g/mol. The van der Waals surface area contributed by atoms with Gasteiger partial charge < -0.3 is 4.90 Å². The molecule has 1 aliphatic carbocycles. The Kier molecular flexibility index (Phi) is 4.18. The Morgan fingerprint density at radius 2 is 2.00 bits per heavy atom. The molecule has 1 unspecified atom stereocenters. The van der Waals surface area contributed by atoms with Crippen molar-refractivity contribution >= 4 is 6.34 Å². The van der Waals surface area contributed by atoms with Crippen LogP contribution in [0.1, 0.15) is 53.4 Å². The van der Waals surface area contributed by atoms with Crippen LogP contribution < -0.4 is 0 Å². The summed E-state index contributed by atoms with van der Waals surface area (Å²) in [6.07, 6.45) is 6.57. The first-order valence-corrected chi connectivity index (χ1v) is 6.25. The van der Waals surface area contributed by atoms with Gasteiger partial charge in [0.2, 0.25) is 0 Å². The van der Waals surface area contributed by atoms with Crippen molar-refractivity contribution in [3.8, 4) is 0 Å². The molecule has 0 aromatic heterocycles. The third-order valence-corrected chi connectivity index (χ3v) is 3.75. The fraction of sp³-hybridized carbons (Fsp3) is 0.923. The molecule has 1 N–H and O–H groups in total. The molecule has 88 valence electrons. The zero-order valence-corrected chi connectivity index (χ0v) is 10.7. The molecular weight excluding hydrogens is 184 g/mol. The highest BCUT2D eigenvalue weighted by Crippen LogP contribution is 2.40. The second-order valence-corrected chi connectivity index (χ2v) is 5.90. The first kappa shape index (κ1) is 12.5. The standard InChI is InChI=1S/C13H26N2/c1-5-8-15(10-14)12-7-6-11(9-12)13(2,3)4/h10-12,14H,5-9H2,1-4H3/t11-,12?/m0/s1. The summed E-state index contributed by atoms with van der Waals surface area (Å²) in [6, 6.07) is 0.631. The third-order valence-electron chi connectivity index (χ3n) is 3.75. The van der Waals surface area contributed by atoms with E-state index in [1.165, 1.54) is 19.3 Å². The van der Waals surface area contributed by atoms with E-state index < -0.39 is 0 Å². The Morgan fingerprint density at radius 3 is 2.40 bits per heavy atom. The quantitative estimate of drug-likeness (QED) is 0.558. The largest absolute Gasteiger partial charge is 0.360 e. The molecule has 0 heterocycles. The van der Waals surface area contributed by atoms with Crippen LogP contribution in [0.5, 0.6) is 0 Å². The summed E-state index contributed by atoms with van der Waals surface area (Å²) in [7, 11) is 0. The van der Waals surface area contributed by atoms with Crippen LogP contribution in [0.4, 0.5) is 0 Å². The molecule has 2 atom stereocenters. The summed E-state index contributed by atoms with van der Waals surface area (Å²) in [4.78, 5) is 2.23. The molecule has 1 fully saturated rings. The molecule has 0 bridgehead atoms. The van der Waals surface area contributed by atoms with Crippen LogP contribution in [-0.4, -0.2) is 23.8 Å². The van der Waals surface area contributed by atoms with Crippen molar-refractivity contribution in [2.24, 2.45) is 11.3 Å². The summed E-state index contributed by atoms with van der Waals surface area (Å²) in [6.45, 7) is 10.3. The van der Waals surface area contributed by atoms with E-state index in [2.05, 4.69) is 32.6 Å². The van der Waals surface area contributed by atoms with E-state index in [4.69, 9.17) is 5.41 Å². The zero-order chi connectivity index (χ0) is 11.5. The van der Waals surface area contributed by atoms with E-state index in [0.29, 0.717) is 11.5 Å². The topological polar surface area (TPSA) is 27.1 Å². The zero-order valence-electron chi connectivity index (χ0n) is 10.7. The average Bonchev–Trinajstić information content (AvgIpc) is 2.62. The van der Waals surface area contributed by atoms with Crippen LogP contribution in [0.25, 0.3) is 0 Å². The van der Waals surface area contributed by atoms with Gasteiger partial charge >= 0.3 is 0 Å². The molecule has 0 aromatic carbocycles. The third kappa shape index (κ3) is 3.22. The van der Waals surface area contributed by atoms with Gasteiger partial charge in [0, 0.05) is 12.6 Å². The van der Waals surface area contributed by atoms with Gasteiger partial charge in [-0.3, -0.25) is 5.41 Å². The van der Waals surface area contributed by atoms with Gasteiger partial charge in [0.05, 0.1) is 6.34 Å². The van der Waals surface area contributed by atoms with E-state index in [0.717, 1.165) is 18.9 Å². The Labute approximate surface area is 94.6 Å². The van der Waals surface area contributed by atoms with Crippen molar-refractivity contribution in [3.05, 3.63) is 0 Å². The minimum absolute atomic E-state index is 0.439. The van der Waals surface area contributed by atoms with Gasteiger partial charge in [0.15, 0.2) is 0 Å². The molecule has 2 heteroatoms. The minimum atomic E-state index is 0.439. The van der Waals surface area contributed by atoms with Crippen molar-refractivity contribution in [1.29, 1.82) is 5.41 Å². The van der Waals surface area contributed by atoms with Crippen LogP contribution in [-0.2, 0) is 0 Å². The lowest BCUT2D eigenvalue weighted by Gasteiger charge is -2.29. The Morgan fingerprint density at radius 1 is 1.33 bits per heavy atom. The van der Waals surface area contributed by atoms with Crippen molar-refractivity contribution in [1.82, 2.24) is 4.90 Å². The molecule has 2 nitrogen and oxygen atoms in total.